The zero-order valence-corrected chi connectivity index (χ0v) is 10.9. The van der Waals surface area contributed by atoms with Crippen LogP contribution in [0.2, 0.25) is 0 Å². The van der Waals surface area contributed by atoms with Crippen LogP contribution in [0.1, 0.15) is 11.1 Å². The van der Waals surface area contributed by atoms with Crippen LogP contribution >= 0.6 is 0 Å². The number of rotatable bonds is 3. The molecule has 0 amide bonds. The Labute approximate surface area is 115 Å². The topological polar surface area (TPSA) is 35.2 Å². The molecule has 0 spiro atoms. The van der Waals surface area contributed by atoms with E-state index in [0.29, 0.717) is 12.1 Å². The summed E-state index contributed by atoms with van der Waals surface area (Å²) in [5.74, 6) is -0.237. The van der Waals surface area contributed by atoms with Gasteiger partial charge in [0, 0.05) is 6.54 Å². The molecule has 2 rings (SSSR count). The van der Waals surface area contributed by atoms with E-state index in [1.165, 1.54) is 18.2 Å². The summed E-state index contributed by atoms with van der Waals surface area (Å²) in [7, 11) is 0. The van der Waals surface area contributed by atoms with Crippen LogP contribution in [-0.4, -0.2) is 6.36 Å². The molecule has 20 heavy (non-hydrogen) atoms. The second-order valence-corrected chi connectivity index (χ2v) is 4.44. The molecule has 2 aromatic carbocycles. The molecule has 5 heteroatoms. The van der Waals surface area contributed by atoms with E-state index < -0.39 is 6.36 Å². The molecular formula is C15H14F3NO. The monoisotopic (exact) mass is 281 g/mol. The largest absolute Gasteiger partial charge is 0.573 e. The third-order valence-corrected chi connectivity index (χ3v) is 2.86. The Hall–Kier alpha value is -2.01. The average molecular weight is 281 g/mol. The summed E-state index contributed by atoms with van der Waals surface area (Å²) in [5, 5.41) is 0. The molecule has 2 aromatic rings. The summed E-state index contributed by atoms with van der Waals surface area (Å²) in [6.07, 6.45) is -4.69. The SMILES string of the molecule is Cc1ccc(CN)c(-c2cccc(OC(F)(F)F)c2)c1. The van der Waals surface area contributed by atoms with Crippen LogP contribution in [0.3, 0.4) is 0 Å². The highest BCUT2D eigenvalue weighted by Crippen LogP contribution is 2.30. The first-order chi connectivity index (χ1) is 9.39. The van der Waals surface area contributed by atoms with Crippen molar-refractivity contribution in [2.75, 3.05) is 0 Å². The highest BCUT2D eigenvalue weighted by molar-refractivity contribution is 5.69. The summed E-state index contributed by atoms with van der Waals surface area (Å²) in [4.78, 5) is 0. The number of benzene rings is 2. The van der Waals surface area contributed by atoms with Gasteiger partial charge in [-0.1, -0.05) is 35.9 Å². The maximum atomic E-state index is 12.2. The van der Waals surface area contributed by atoms with Gasteiger partial charge in [-0.25, -0.2) is 0 Å². The number of ether oxygens (including phenoxy) is 1. The van der Waals surface area contributed by atoms with Gasteiger partial charge in [0.05, 0.1) is 0 Å². The first-order valence-corrected chi connectivity index (χ1v) is 6.05. The molecule has 0 heterocycles. The Bertz CT molecular complexity index is 608. The maximum Gasteiger partial charge on any atom is 0.573 e. The number of alkyl halides is 3. The van der Waals surface area contributed by atoms with Crippen LogP contribution in [0, 0.1) is 6.92 Å². The fraction of sp³-hybridized carbons (Fsp3) is 0.200. The van der Waals surface area contributed by atoms with Crippen LogP contribution in [0.15, 0.2) is 42.5 Å². The van der Waals surface area contributed by atoms with Gasteiger partial charge < -0.3 is 10.5 Å². The Kier molecular flexibility index (Phi) is 3.99. The van der Waals surface area contributed by atoms with Crippen LogP contribution in [0.4, 0.5) is 13.2 Å². The molecule has 0 aliphatic heterocycles. The van der Waals surface area contributed by atoms with Crippen LogP contribution in [-0.2, 0) is 6.54 Å². The van der Waals surface area contributed by atoms with Crippen LogP contribution in [0.25, 0.3) is 11.1 Å². The first kappa shape index (κ1) is 14.4. The van der Waals surface area contributed by atoms with E-state index >= 15 is 0 Å². The fourth-order valence-electron chi connectivity index (χ4n) is 2.00. The van der Waals surface area contributed by atoms with Crippen molar-refractivity contribution in [2.24, 2.45) is 5.73 Å². The van der Waals surface area contributed by atoms with E-state index in [1.807, 2.05) is 25.1 Å². The lowest BCUT2D eigenvalue weighted by molar-refractivity contribution is -0.274. The number of hydrogen-bond acceptors (Lipinski definition) is 2. The smallest absolute Gasteiger partial charge is 0.406 e. The lowest BCUT2D eigenvalue weighted by Crippen LogP contribution is -2.17. The quantitative estimate of drug-likeness (QED) is 0.922. The van der Waals surface area contributed by atoms with Gasteiger partial charge >= 0.3 is 6.36 Å². The zero-order chi connectivity index (χ0) is 14.8. The van der Waals surface area contributed by atoms with Gasteiger partial charge in [0.15, 0.2) is 0 Å². The summed E-state index contributed by atoms with van der Waals surface area (Å²) >= 11 is 0. The zero-order valence-electron chi connectivity index (χ0n) is 10.9. The lowest BCUT2D eigenvalue weighted by atomic mass is 9.97. The van der Waals surface area contributed by atoms with Gasteiger partial charge in [-0.15, -0.1) is 13.2 Å². The van der Waals surface area contributed by atoms with E-state index in [9.17, 15) is 13.2 Å². The normalized spacial score (nSPS) is 11.4. The average Bonchev–Trinajstić information content (AvgIpc) is 2.37. The van der Waals surface area contributed by atoms with E-state index in [2.05, 4.69) is 4.74 Å². The summed E-state index contributed by atoms with van der Waals surface area (Å²) in [6.45, 7) is 2.24. The van der Waals surface area contributed by atoms with Crippen LogP contribution in [0.5, 0.6) is 5.75 Å². The molecule has 0 atom stereocenters. The molecule has 0 saturated carbocycles. The summed E-state index contributed by atoms with van der Waals surface area (Å²) < 4.78 is 40.7. The molecule has 2 N–H and O–H groups in total. The predicted molar refractivity (Wildman–Crippen MR) is 71.2 cm³/mol. The maximum absolute atomic E-state index is 12.2. The fourth-order valence-corrected chi connectivity index (χ4v) is 2.00. The van der Waals surface area contributed by atoms with Crippen LogP contribution < -0.4 is 10.5 Å². The van der Waals surface area contributed by atoms with Gasteiger partial charge in [-0.3, -0.25) is 0 Å². The van der Waals surface area contributed by atoms with E-state index in [1.54, 1.807) is 6.07 Å². The second kappa shape index (κ2) is 5.54. The third kappa shape index (κ3) is 3.51. The lowest BCUT2D eigenvalue weighted by Gasteiger charge is -2.12. The molecule has 0 aliphatic rings. The van der Waals surface area contributed by atoms with Gasteiger partial charge in [0.2, 0.25) is 0 Å². The second-order valence-electron chi connectivity index (χ2n) is 4.44. The molecule has 0 fully saturated rings. The van der Waals surface area contributed by atoms with Crippen molar-refractivity contribution in [2.45, 2.75) is 19.8 Å². The highest BCUT2D eigenvalue weighted by atomic mass is 19.4. The molecule has 0 radical (unpaired) electrons. The minimum Gasteiger partial charge on any atom is -0.406 e. The minimum absolute atomic E-state index is 0.237. The highest BCUT2D eigenvalue weighted by Gasteiger charge is 2.31. The van der Waals surface area contributed by atoms with Crippen molar-refractivity contribution >= 4 is 0 Å². The number of aryl methyl sites for hydroxylation is 1. The predicted octanol–water partition coefficient (Wildman–Crippen LogP) is 4.02. The standard InChI is InChI=1S/C15H14F3NO/c1-10-5-6-12(9-19)14(7-10)11-3-2-4-13(8-11)20-15(16,17)18/h2-8H,9,19H2,1H3. The Morgan fingerprint density at radius 3 is 2.50 bits per heavy atom. The van der Waals surface area contributed by atoms with Crippen molar-refractivity contribution < 1.29 is 17.9 Å². The molecule has 0 saturated heterocycles. The molecule has 0 aromatic heterocycles. The molecule has 0 bridgehead atoms. The van der Waals surface area contributed by atoms with Crippen molar-refractivity contribution in [3.05, 3.63) is 53.6 Å². The van der Waals surface area contributed by atoms with Crippen molar-refractivity contribution in [1.29, 1.82) is 0 Å². The van der Waals surface area contributed by atoms with Gasteiger partial charge in [-0.2, -0.15) is 0 Å². The number of hydrogen-bond donors (Lipinski definition) is 1. The van der Waals surface area contributed by atoms with Crippen molar-refractivity contribution in [1.82, 2.24) is 0 Å². The van der Waals surface area contributed by atoms with Gasteiger partial charge in [0.1, 0.15) is 5.75 Å². The van der Waals surface area contributed by atoms with Gasteiger partial charge in [0.25, 0.3) is 0 Å². The Morgan fingerprint density at radius 1 is 1.10 bits per heavy atom. The molecule has 2 nitrogen and oxygen atoms in total. The minimum atomic E-state index is -4.69. The number of nitrogens with two attached hydrogens (primary N) is 1. The first-order valence-electron chi connectivity index (χ1n) is 6.05. The molecule has 0 unspecified atom stereocenters. The summed E-state index contributed by atoms with van der Waals surface area (Å²) in [6, 6.07) is 11.6. The molecular weight excluding hydrogens is 267 g/mol. The summed E-state index contributed by atoms with van der Waals surface area (Å²) in [5.41, 5.74) is 9.02. The molecule has 106 valence electrons. The Balaban J connectivity index is 2.43. The third-order valence-electron chi connectivity index (χ3n) is 2.86. The van der Waals surface area contributed by atoms with E-state index in [4.69, 9.17) is 5.73 Å². The number of halogens is 3. The molecule has 0 aliphatic carbocycles. The van der Waals surface area contributed by atoms with E-state index in [0.717, 1.165) is 16.7 Å². The van der Waals surface area contributed by atoms with E-state index in [-0.39, 0.29) is 5.75 Å². The van der Waals surface area contributed by atoms with Crippen molar-refractivity contribution in [3.8, 4) is 16.9 Å². The van der Waals surface area contributed by atoms with Crippen molar-refractivity contribution in [3.63, 3.8) is 0 Å². The Morgan fingerprint density at radius 2 is 1.85 bits per heavy atom. The van der Waals surface area contributed by atoms with Gasteiger partial charge in [-0.05, 0) is 35.7 Å².